The first-order chi connectivity index (χ1) is 7.56. The van der Waals surface area contributed by atoms with Gasteiger partial charge in [-0.1, -0.05) is 0 Å². The van der Waals surface area contributed by atoms with Crippen molar-refractivity contribution in [3.63, 3.8) is 0 Å². The number of hydrogen-bond acceptors (Lipinski definition) is 4. The Kier molecular flexibility index (Phi) is 4.33. The topological polar surface area (TPSA) is 88.8 Å². The van der Waals surface area contributed by atoms with E-state index in [0.717, 1.165) is 0 Å². The predicted octanol–water partition coefficient (Wildman–Crippen LogP) is 0.762. The second kappa shape index (κ2) is 5.53. The average molecular weight is 248 g/mol. The second-order valence-corrected chi connectivity index (χ2v) is 3.27. The zero-order valence-corrected chi connectivity index (χ0v) is 9.15. The predicted molar refractivity (Wildman–Crippen MR) is 54.5 cm³/mol. The van der Waals surface area contributed by atoms with Crippen LogP contribution in [0.4, 0.5) is 0 Å². The van der Waals surface area contributed by atoms with Crippen molar-refractivity contribution in [3.05, 3.63) is 23.1 Å². The number of carboxylic acid groups (broad SMARTS) is 1. The average Bonchev–Trinajstić information content (AvgIpc) is 2.63. The van der Waals surface area contributed by atoms with Gasteiger partial charge in [-0.2, -0.15) is 0 Å². The molecule has 7 heteroatoms. The number of hydrogen-bond donors (Lipinski definition) is 2. The van der Waals surface area contributed by atoms with Crippen molar-refractivity contribution in [2.45, 2.75) is 6.04 Å². The number of amides is 1. The zero-order valence-electron chi connectivity index (χ0n) is 8.40. The fourth-order valence-electron chi connectivity index (χ4n) is 1.03. The molecule has 1 aromatic heterocycles. The first kappa shape index (κ1) is 12.5. The minimum absolute atomic E-state index is 0.0842. The van der Waals surface area contributed by atoms with Crippen LogP contribution in [0, 0.1) is 0 Å². The smallest absolute Gasteiger partial charge is 0.328 e. The van der Waals surface area contributed by atoms with Crippen molar-refractivity contribution in [2.24, 2.45) is 0 Å². The number of nitrogens with one attached hydrogen (secondary N) is 1. The molecule has 1 amide bonds. The van der Waals surface area contributed by atoms with E-state index in [1.165, 1.54) is 19.4 Å². The molecule has 1 atom stereocenters. The summed E-state index contributed by atoms with van der Waals surface area (Å²) >= 11 is 5.57. The number of ether oxygens (including phenoxy) is 1. The third kappa shape index (κ3) is 2.98. The standard InChI is InChI=1S/C9H10ClNO5/c1-15-4-6(9(13)14)11-8(12)5-2-3-16-7(5)10/h2-3,6H,4H2,1H3,(H,11,12)(H,13,14). The van der Waals surface area contributed by atoms with Crippen molar-refractivity contribution in [1.82, 2.24) is 5.32 Å². The van der Waals surface area contributed by atoms with Gasteiger partial charge in [0.05, 0.1) is 18.4 Å². The van der Waals surface area contributed by atoms with Crippen molar-refractivity contribution in [3.8, 4) is 0 Å². The van der Waals surface area contributed by atoms with Gasteiger partial charge in [-0.25, -0.2) is 4.79 Å². The summed E-state index contributed by atoms with van der Waals surface area (Å²) < 4.78 is 9.38. The maximum atomic E-state index is 11.5. The first-order valence-corrected chi connectivity index (χ1v) is 4.69. The number of halogens is 1. The van der Waals surface area contributed by atoms with Gasteiger partial charge in [-0.3, -0.25) is 4.79 Å². The Hall–Kier alpha value is -1.53. The number of aliphatic carboxylic acids is 1. The van der Waals surface area contributed by atoms with Gasteiger partial charge in [0.2, 0.25) is 5.22 Å². The minimum atomic E-state index is -1.19. The van der Waals surface area contributed by atoms with Gasteiger partial charge < -0.3 is 19.6 Å². The molecule has 0 aliphatic rings. The van der Waals surface area contributed by atoms with Gasteiger partial charge in [-0.15, -0.1) is 0 Å². The summed E-state index contributed by atoms with van der Waals surface area (Å²) in [6, 6.07) is 0.229. The lowest BCUT2D eigenvalue weighted by Crippen LogP contribution is -2.43. The van der Waals surface area contributed by atoms with E-state index in [2.05, 4.69) is 10.1 Å². The molecular formula is C9H10ClNO5. The van der Waals surface area contributed by atoms with Crippen LogP contribution in [0.5, 0.6) is 0 Å². The fourth-order valence-corrected chi connectivity index (χ4v) is 1.23. The van der Waals surface area contributed by atoms with Crippen LogP contribution in [0.15, 0.2) is 16.7 Å². The maximum absolute atomic E-state index is 11.5. The summed E-state index contributed by atoms with van der Waals surface area (Å²) in [6.07, 6.45) is 1.24. The van der Waals surface area contributed by atoms with Gasteiger partial charge in [-0.05, 0) is 17.7 Å². The lowest BCUT2D eigenvalue weighted by atomic mass is 10.2. The summed E-state index contributed by atoms with van der Waals surface area (Å²) in [6.45, 7) is -0.128. The second-order valence-electron chi connectivity index (χ2n) is 2.93. The van der Waals surface area contributed by atoms with E-state index in [0.29, 0.717) is 0 Å². The summed E-state index contributed by atoms with van der Waals surface area (Å²) in [5.41, 5.74) is 0.0871. The van der Waals surface area contributed by atoms with Crippen LogP contribution < -0.4 is 5.32 Å². The Morgan fingerprint density at radius 1 is 1.69 bits per heavy atom. The van der Waals surface area contributed by atoms with E-state index in [9.17, 15) is 9.59 Å². The molecule has 16 heavy (non-hydrogen) atoms. The van der Waals surface area contributed by atoms with Crippen LogP contribution in [-0.4, -0.2) is 36.7 Å². The largest absolute Gasteiger partial charge is 0.480 e. The molecule has 0 spiro atoms. The highest BCUT2D eigenvalue weighted by atomic mass is 35.5. The molecule has 1 unspecified atom stereocenters. The molecule has 0 aliphatic carbocycles. The molecule has 0 radical (unpaired) electrons. The fraction of sp³-hybridized carbons (Fsp3) is 0.333. The summed E-state index contributed by atoms with van der Waals surface area (Å²) in [5, 5.41) is 10.9. The molecule has 0 fully saturated rings. The van der Waals surface area contributed by atoms with Crippen molar-refractivity contribution < 1.29 is 23.8 Å². The van der Waals surface area contributed by atoms with Crippen LogP contribution in [0.25, 0.3) is 0 Å². The highest BCUT2D eigenvalue weighted by Gasteiger charge is 2.22. The quantitative estimate of drug-likeness (QED) is 0.802. The molecular weight excluding hydrogens is 238 g/mol. The molecule has 2 N–H and O–H groups in total. The summed E-state index contributed by atoms with van der Waals surface area (Å²) in [5.74, 6) is -1.81. The van der Waals surface area contributed by atoms with Crippen LogP contribution >= 0.6 is 11.6 Å². The van der Waals surface area contributed by atoms with Crippen LogP contribution in [0.3, 0.4) is 0 Å². The lowest BCUT2D eigenvalue weighted by molar-refractivity contribution is -0.140. The maximum Gasteiger partial charge on any atom is 0.328 e. The van der Waals surface area contributed by atoms with Crippen molar-refractivity contribution in [1.29, 1.82) is 0 Å². The van der Waals surface area contributed by atoms with Crippen LogP contribution in [-0.2, 0) is 9.53 Å². The molecule has 88 valence electrons. The van der Waals surface area contributed by atoms with Crippen LogP contribution in [0.1, 0.15) is 10.4 Å². The van der Waals surface area contributed by atoms with Crippen molar-refractivity contribution >= 4 is 23.5 Å². The van der Waals surface area contributed by atoms with Gasteiger partial charge in [0.15, 0.2) is 6.04 Å². The SMILES string of the molecule is COCC(NC(=O)c1ccoc1Cl)C(=O)O. The Bertz CT molecular complexity index is 389. The van der Waals surface area contributed by atoms with E-state index in [1.807, 2.05) is 0 Å². The van der Waals surface area contributed by atoms with E-state index >= 15 is 0 Å². The monoisotopic (exact) mass is 247 g/mol. The van der Waals surface area contributed by atoms with Gasteiger partial charge in [0, 0.05) is 7.11 Å². The number of carbonyl (C=O) groups is 2. The summed E-state index contributed by atoms with van der Waals surface area (Å²) in [4.78, 5) is 22.3. The number of carbonyl (C=O) groups excluding carboxylic acids is 1. The Morgan fingerprint density at radius 2 is 2.38 bits per heavy atom. The van der Waals surface area contributed by atoms with Gasteiger partial charge >= 0.3 is 5.97 Å². The number of rotatable bonds is 5. The normalized spacial score (nSPS) is 12.1. The third-order valence-corrected chi connectivity index (χ3v) is 2.09. The van der Waals surface area contributed by atoms with Crippen LogP contribution in [0.2, 0.25) is 5.22 Å². The number of carboxylic acids is 1. The minimum Gasteiger partial charge on any atom is -0.480 e. The van der Waals surface area contributed by atoms with E-state index < -0.39 is 17.9 Å². The molecule has 0 aromatic carbocycles. The zero-order chi connectivity index (χ0) is 12.1. The number of methoxy groups -OCH3 is 1. The molecule has 1 heterocycles. The Balaban J connectivity index is 2.69. The summed E-state index contributed by atoms with van der Waals surface area (Å²) in [7, 11) is 1.34. The van der Waals surface area contributed by atoms with E-state index in [-0.39, 0.29) is 17.4 Å². The van der Waals surface area contributed by atoms with E-state index in [4.69, 9.17) is 21.1 Å². The molecule has 1 rings (SSSR count). The molecule has 6 nitrogen and oxygen atoms in total. The Morgan fingerprint density at radius 3 is 2.81 bits per heavy atom. The highest BCUT2D eigenvalue weighted by Crippen LogP contribution is 2.16. The molecule has 0 saturated carbocycles. The molecule has 1 aromatic rings. The molecule has 0 bridgehead atoms. The Labute approximate surface area is 96.1 Å². The van der Waals surface area contributed by atoms with Crippen molar-refractivity contribution in [2.75, 3.05) is 13.7 Å². The molecule has 0 saturated heterocycles. The third-order valence-electron chi connectivity index (χ3n) is 1.80. The van der Waals surface area contributed by atoms with Gasteiger partial charge in [0.1, 0.15) is 0 Å². The lowest BCUT2D eigenvalue weighted by Gasteiger charge is -2.12. The first-order valence-electron chi connectivity index (χ1n) is 4.32. The van der Waals surface area contributed by atoms with E-state index in [1.54, 1.807) is 0 Å². The number of furan rings is 1. The van der Waals surface area contributed by atoms with Gasteiger partial charge in [0.25, 0.3) is 5.91 Å². The highest BCUT2D eigenvalue weighted by molar-refractivity contribution is 6.32. The molecule has 0 aliphatic heterocycles.